The van der Waals surface area contributed by atoms with Crippen LogP contribution < -0.4 is 10.6 Å². The van der Waals surface area contributed by atoms with Gasteiger partial charge in [-0.25, -0.2) is 4.39 Å². The van der Waals surface area contributed by atoms with E-state index in [4.69, 9.17) is 12.2 Å². The van der Waals surface area contributed by atoms with Crippen LogP contribution in [0.25, 0.3) is 0 Å². The van der Waals surface area contributed by atoms with Gasteiger partial charge in [-0.1, -0.05) is 46.3 Å². The summed E-state index contributed by atoms with van der Waals surface area (Å²) in [6, 6.07) is 12.7. The van der Waals surface area contributed by atoms with Crippen molar-refractivity contribution < 1.29 is 9.50 Å². The zero-order chi connectivity index (χ0) is 15.2. The van der Waals surface area contributed by atoms with Gasteiger partial charge in [-0.05, 0) is 36.3 Å². The van der Waals surface area contributed by atoms with Crippen LogP contribution in [-0.4, -0.2) is 16.8 Å². The normalized spacial score (nSPS) is 10.2. The lowest BCUT2D eigenvalue weighted by molar-refractivity contribution is 0.434. The summed E-state index contributed by atoms with van der Waals surface area (Å²) in [5.74, 6) is -1.16. The fourth-order valence-electron chi connectivity index (χ4n) is 1.79. The molecule has 0 amide bonds. The van der Waals surface area contributed by atoms with E-state index in [1.807, 2.05) is 30.3 Å². The Morgan fingerprint density at radius 2 is 1.95 bits per heavy atom. The van der Waals surface area contributed by atoms with Crippen LogP contribution in [0.15, 0.2) is 46.9 Å². The van der Waals surface area contributed by atoms with Crippen molar-refractivity contribution in [3.63, 3.8) is 0 Å². The highest BCUT2D eigenvalue weighted by atomic mass is 79.9. The maximum Gasteiger partial charge on any atom is 0.175 e. The van der Waals surface area contributed by atoms with E-state index in [1.54, 1.807) is 6.07 Å². The first kappa shape index (κ1) is 15.7. The Hall–Kier alpha value is -1.66. The average molecular weight is 369 g/mol. The second-order valence-corrected chi connectivity index (χ2v) is 5.72. The molecule has 0 fully saturated rings. The van der Waals surface area contributed by atoms with Gasteiger partial charge in [-0.15, -0.1) is 0 Å². The number of anilines is 1. The summed E-state index contributed by atoms with van der Waals surface area (Å²) in [7, 11) is 0. The smallest absolute Gasteiger partial charge is 0.175 e. The van der Waals surface area contributed by atoms with Gasteiger partial charge in [0, 0.05) is 11.0 Å². The zero-order valence-corrected chi connectivity index (χ0v) is 13.5. The Labute approximate surface area is 136 Å². The molecule has 2 aromatic carbocycles. The minimum atomic E-state index is -0.709. The summed E-state index contributed by atoms with van der Waals surface area (Å²) < 4.78 is 13.9. The maximum atomic E-state index is 13.4. The summed E-state index contributed by atoms with van der Waals surface area (Å²) in [5, 5.41) is 15.8. The summed E-state index contributed by atoms with van der Waals surface area (Å²) in [6.07, 6.45) is 0.821. The van der Waals surface area contributed by atoms with Gasteiger partial charge in [0.15, 0.2) is 16.7 Å². The van der Waals surface area contributed by atoms with E-state index in [0.717, 1.165) is 6.42 Å². The van der Waals surface area contributed by atoms with Gasteiger partial charge in [-0.3, -0.25) is 0 Å². The van der Waals surface area contributed by atoms with Crippen molar-refractivity contribution >= 4 is 38.9 Å². The molecule has 0 spiro atoms. The van der Waals surface area contributed by atoms with Gasteiger partial charge in [0.05, 0.1) is 5.69 Å². The average Bonchev–Trinajstić information content (AvgIpc) is 2.45. The number of phenols is 1. The summed E-state index contributed by atoms with van der Waals surface area (Å²) in [4.78, 5) is 0. The van der Waals surface area contributed by atoms with Crippen LogP contribution in [0.1, 0.15) is 5.56 Å². The molecular weight excluding hydrogens is 355 g/mol. The molecule has 2 rings (SSSR count). The van der Waals surface area contributed by atoms with E-state index < -0.39 is 11.6 Å². The van der Waals surface area contributed by atoms with Gasteiger partial charge < -0.3 is 15.7 Å². The lowest BCUT2D eigenvalue weighted by Crippen LogP contribution is -2.30. The Bertz CT molecular complexity index is 637. The van der Waals surface area contributed by atoms with Crippen molar-refractivity contribution in [2.45, 2.75) is 6.42 Å². The highest BCUT2D eigenvalue weighted by molar-refractivity contribution is 9.10. The lowest BCUT2D eigenvalue weighted by Gasteiger charge is -2.12. The van der Waals surface area contributed by atoms with Crippen LogP contribution in [0.2, 0.25) is 0 Å². The molecule has 3 nitrogen and oxygen atoms in total. The summed E-state index contributed by atoms with van der Waals surface area (Å²) in [5.41, 5.74) is 1.42. The number of halogens is 2. The van der Waals surface area contributed by atoms with Crippen LogP contribution in [0, 0.1) is 5.82 Å². The number of phenolic OH excluding ortho intramolecular Hbond substituents is 1. The number of hydrogen-bond acceptors (Lipinski definition) is 2. The molecule has 0 unspecified atom stereocenters. The molecule has 110 valence electrons. The number of aromatic hydroxyl groups is 1. The predicted molar refractivity (Wildman–Crippen MR) is 90.1 cm³/mol. The van der Waals surface area contributed by atoms with Crippen molar-refractivity contribution in [1.82, 2.24) is 5.32 Å². The van der Waals surface area contributed by atoms with Crippen molar-refractivity contribution in [1.29, 1.82) is 0 Å². The second-order valence-electron chi connectivity index (χ2n) is 4.40. The predicted octanol–water partition coefficient (Wildman–Crippen LogP) is 3.82. The number of thiocarbonyl (C=S) groups is 1. The molecule has 0 atom stereocenters. The van der Waals surface area contributed by atoms with Crippen LogP contribution in [0.3, 0.4) is 0 Å². The first-order chi connectivity index (χ1) is 10.1. The third-order valence-electron chi connectivity index (χ3n) is 2.82. The molecule has 0 bridgehead atoms. The van der Waals surface area contributed by atoms with E-state index in [9.17, 15) is 9.50 Å². The molecule has 0 saturated heterocycles. The number of nitrogens with one attached hydrogen (secondary N) is 2. The quantitative estimate of drug-likeness (QED) is 0.566. The summed E-state index contributed by atoms with van der Waals surface area (Å²) >= 11 is 8.29. The molecule has 0 aromatic heterocycles. The molecule has 0 aliphatic rings. The van der Waals surface area contributed by atoms with Crippen LogP contribution >= 0.6 is 28.1 Å². The highest BCUT2D eigenvalue weighted by Crippen LogP contribution is 2.30. The van der Waals surface area contributed by atoms with E-state index in [2.05, 4.69) is 26.6 Å². The third-order valence-corrected chi connectivity index (χ3v) is 3.52. The Balaban J connectivity index is 1.88. The standard InChI is InChI=1S/C15H14BrFN2OS/c16-11-8-12(17)14(20)13(9-11)19-15(21)18-7-6-10-4-2-1-3-5-10/h1-5,8-9,20H,6-7H2,(H2,18,19,21). The number of benzene rings is 2. The third kappa shape index (κ3) is 4.68. The SMILES string of the molecule is Oc1c(F)cc(Br)cc1NC(=S)NCCc1ccccc1. The molecule has 2 aromatic rings. The summed E-state index contributed by atoms with van der Waals surface area (Å²) in [6.45, 7) is 0.646. The van der Waals surface area contributed by atoms with Gasteiger partial charge in [0.25, 0.3) is 0 Å². The second kappa shape index (κ2) is 7.38. The minimum Gasteiger partial charge on any atom is -0.503 e. The number of rotatable bonds is 4. The fraction of sp³-hybridized carbons (Fsp3) is 0.133. The Kier molecular flexibility index (Phi) is 5.52. The molecule has 0 heterocycles. The molecular formula is C15H14BrFN2OS. The Morgan fingerprint density at radius 3 is 2.67 bits per heavy atom. The number of hydrogen-bond donors (Lipinski definition) is 3. The van der Waals surface area contributed by atoms with Gasteiger partial charge >= 0.3 is 0 Å². The van der Waals surface area contributed by atoms with E-state index in [0.29, 0.717) is 16.1 Å². The largest absolute Gasteiger partial charge is 0.503 e. The van der Waals surface area contributed by atoms with Gasteiger partial charge in [0.2, 0.25) is 0 Å². The molecule has 0 aliphatic carbocycles. The van der Waals surface area contributed by atoms with Crippen molar-refractivity contribution in [2.75, 3.05) is 11.9 Å². The first-order valence-corrected chi connectivity index (χ1v) is 7.53. The maximum absolute atomic E-state index is 13.4. The topological polar surface area (TPSA) is 44.3 Å². The van der Waals surface area contributed by atoms with Crippen LogP contribution in [0.4, 0.5) is 10.1 Å². The fourth-order valence-corrected chi connectivity index (χ4v) is 2.43. The van der Waals surface area contributed by atoms with Crippen LogP contribution in [-0.2, 0) is 6.42 Å². The zero-order valence-electron chi connectivity index (χ0n) is 11.1. The minimum absolute atomic E-state index is 0.221. The van der Waals surface area contributed by atoms with Crippen molar-refractivity contribution in [3.05, 3.63) is 58.3 Å². The van der Waals surface area contributed by atoms with E-state index >= 15 is 0 Å². The molecule has 0 radical (unpaired) electrons. The van der Waals surface area contributed by atoms with E-state index in [-0.39, 0.29) is 5.69 Å². The van der Waals surface area contributed by atoms with Crippen molar-refractivity contribution in [2.24, 2.45) is 0 Å². The lowest BCUT2D eigenvalue weighted by atomic mass is 10.1. The molecule has 6 heteroatoms. The Morgan fingerprint density at radius 1 is 1.24 bits per heavy atom. The molecule has 0 aliphatic heterocycles. The molecule has 21 heavy (non-hydrogen) atoms. The van der Waals surface area contributed by atoms with Crippen molar-refractivity contribution in [3.8, 4) is 5.75 Å². The highest BCUT2D eigenvalue weighted by Gasteiger charge is 2.10. The van der Waals surface area contributed by atoms with E-state index in [1.165, 1.54) is 11.6 Å². The van der Waals surface area contributed by atoms with Gasteiger partial charge in [0.1, 0.15) is 0 Å². The molecule has 3 N–H and O–H groups in total. The van der Waals surface area contributed by atoms with Gasteiger partial charge in [-0.2, -0.15) is 0 Å². The monoisotopic (exact) mass is 368 g/mol. The van der Waals surface area contributed by atoms with Crippen LogP contribution in [0.5, 0.6) is 5.75 Å². The molecule has 0 saturated carbocycles. The first-order valence-electron chi connectivity index (χ1n) is 6.33.